The van der Waals surface area contributed by atoms with Gasteiger partial charge < -0.3 is 0 Å². The Morgan fingerprint density at radius 2 is 1.90 bits per heavy atom. The zero-order chi connectivity index (χ0) is 15.0. The summed E-state index contributed by atoms with van der Waals surface area (Å²) in [5.74, 6) is -0.912. The number of imidazole rings is 1. The van der Waals surface area contributed by atoms with E-state index in [1.165, 1.54) is 12.1 Å². The summed E-state index contributed by atoms with van der Waals surface area (Å²) in [6, 6.07) is 10.3. The van der Waals surface area contributed by atoms with Crippen LogP contribution in [0.4, 0.5) is 8.78 Å². The quantitative estimate of drug-likeness (QED) is 0.673. The molecule has 3 rings (SSSR count). The molecule has 0 aliphatic rings. The number of para-hydroxylation sites is 1. The van der Waals surface area contributed by atoms with Crippen LogP contribution in [0.2, 0.25) is 0 Å². The monoisotopic (exact) mass is 303 g/mol. The first-order chi connectivity index (χ1) is 10.1. The zero-order valence-corrected chi connectivity index (χ0v) is 11.4. The van der Waals surface area contributed by atoms with Gasteiger partial charge in [-0.3, -0.25) is 4.57 Å². The van der Waals surface area contributed by atoms with Crippen molar-refractivity contribution in [3.63, 3.8) is 0 Å². The lowest BCUT2D eigenvalue weighted by molar-refractivity contribution is 0.581. The molecule has 0 radical (unpaired) electrons. The number of nitriles is 1. The Hall–Kier alpha value is -2.45. The Morgan fingerprint density at radius 1 is 1.19 bits per heavy atom. The van der Waals surface area contributed by atoms with Gasteiger partial charge in [0.05, 0.1) is 22.6 Å². The molecule has 0 amide bonds. The highest BCUT2D eigenvalue weighted by atomic mass is 35.5. The third kappa shape index (κ3) is 2.24. The van der Waals surface area contributed by atoms with E-state index >= 15 is 0 Å². The molecule has 0 aliphatic heterocycles. The first-order valence-electron chi connectivity index (χ1n) is 6.07. The van der Waals surface area contributed by atoms with Gasteiger partial charge in [0.1, 0.15) is 29.0 Å². The molecule has 0 atom stereocenters. The van der Waals surface area contributed by atoms with Crippen LogP contribution in [0.25, 0.3) is 16.7 Å². The summed E-state index contributed by atoms with van der Waals surface area (Å²) >= 11 is 5.87. The summed E-state index contributed by atoms with van der Waals surface area (Å²) in [6.07, 6.45) is 0. The third-order valence-electron chi connectivity index (χ3n) is 3.10. The number of fused-ring (bicyclic) bond motifs is 1. The first kappa shape index (κ1) is 13.5. The predicted molar refractivity (Wildman–Crippen MR) is 75.3 cm³/mol. The highest BCUT2D eigenvalue weighted by Gasteiger charge is 2.15. The Kier molecular flexibility index (Phi) is 3.32. The number of rotatable bonds is 2. The molecule has 104 valence electrons. The Balaban J connectivity index is 2.38. The van der Waals surface area contributed by atoms with Crippen LogP contribution in [0.1, 0.15) is 11.4 Å². The van der Waals surface area contributed by atoms with Gasteiger partial charge in [0.25, 0.3) is 0 Å². The van der Waals surface area contributed by atoms with Gasteiger partial charge >= 0.3 is 0 Å². The molecular formula is C15H8ClF2N3. The number of alkyl halides is 1. The summed E-state index contributed by atoms with van der Waals surface area (Å²) < 4.78 is 28.4. The largest absolute Gasteiger partial charge is 0.295 e. The molecule has 0 saturated carbocycles. The summed E-state index contributed by atoms with van der Waals surface area (Å²) in [7, 11) is 0. The second-order valence-corrected chi connectivity index (χ2v) is 4.68. The molecule has 1 heterocycles. The summed E-state index contributed by atoms with van der Waals surface area (Å²) in [6.45, 7) is 0. The van der Waals surface area contributed by atoms with E-state index < -0.39 is 11.6 Å². The standard InChI is InChI=1S/C15H8ClF2N3/c16-7-14-20-15-9(8-19)2-1-3-13(15)21(14)12-5-10(17)4-11(18)6-12/h1-6H,7H2. The number of halogens is 3. The molecule has 0 aliphatic carbocycles. The lowest BCUT2D eigenvalue weighted by Gasteiger charge is -2.08. The van der Waals surface area contributed by atoms with Crippen molar-refractivity contribution >= 4 is 22.6 Å². The smallest absolute Gasteiger partial charge is 0.129 e. The van der Waals surface area contributed by atoms with Crippen molar-refractivity contribution in [2.75, 3.05) is 0 Å². The fourth-order valence-corrected chi connectivity index (χ4v) is 2.46. The lowest BCUT2D eigenvalue weighted by atomic mass is 10.2. The Morgan fingerprint density at radius 3 is 2.52 bits per heavy atom. The zero-order valence-electron chi connectivity index (χ0n) is 10.6. The van der Waals surface area contributed by atoms with Gasteiger partial charge in [0.2, 0.25) is 0 Å². The van der Waals surface area contributed by atoms with Crippen LogP contribution in [0.3, 0.4) is 0 Å². The van der Waals surface area contributed by atoms with Crippen LogP contribution in [0.15, 0.2) is 36.4 Å². The van der Waals surface area contributed by atoms with E-state index in [0.29, 0.717) is 22.4 Å². The molecule has 21 heavy (non-hydrogen) atoms. The second kappa shape index (κ2) is 5.15. The van der Waals surface area contributed by atoms with E-state index in [-0.39, 0.29) is 11.6 Å². The van der Waals surface area contributed by atoms with Gasteiger partial charge in [-0.2, -0.15) is 5.26 Å². The fraction of sp³-hybridized carbons (Fsp3) is 0.0667. The van der Waals surface area contributed by atoms with Crippen molar-refractivity contribution in [1.29, 1.82) is 5.26 Å². The Labute approximate surface area is 124 Å². The molecule has 0 spiro atoms. The molecule has 3 aromatic rings. The molecule has 6 heteroatoms. The number of aromatic nitrogens is 2. The molecule has 0 saturated heterocycles. The summed E-state index contributed by atoms with van der Waals surface area (Å²) in [4.78, 5) is 4.30. The topological polar surface area (TPSA) is 41.6 Å². The molecule has 0 unspecified atom stereocenters. The molecular weight excluding hydrogens is 296 g/mol. The predicted octanol–water partition coefficient (Wildman–Crippen LogP) is 3.91. The van der Waals surface area contributed by atoms with Crippen LogP contribution >= 0.6 is 11.6 Å². The van der Waals surface area contributed by atoms with E-state index in [1.807, 2.05) is 6.07 Å². The van der Waals surface area contributed by atoms with E-state index in [4.69, 9.17) is 16.9 Å². The minimum Gasteiger partial charge on any atom is -0.295 e. The third-order valence-corrected chi connectivity index (χ3v) is 3.34. The minimum atomic E-state index is -0.691. The van der Waals surface area contributed by atoms with Gasteiger partial charge in [0, 0.05) is 6.07 Å². The van der Waals surface area contributed by atoms with Crippen molar-refractivity contribution in [3.05, 3.63) is 59.4 Å². The molecule has 1 aromatic heterocycles. The highest BCUT2D eigenvalue weighted by Crippen LogP contribution is 2.25. The van der Waals surface area contributed by atoms with Gasteiger partial charge in [-0.25, -0.2) is 13.8 Å². The second-order valence-electron chi connectivity index (χ2n) is 4.41. The maximum absolute atomic E-state index is 13.4. The van der Waals surface area contributed by atoms with Crippen LogP contribution in [0.5, 0.6) is 0 Å². The first-order valence-corrected chi connectivity index (χ1v) is 6.60. The molecule has 0 bridgehead atoms. The maximum atomic E-state index is 13.4. The van der Waals surface area contributed by atoms with Crippen molar-refractivity contribution in [3.8, 4) is 11.8 Å². The number of hydrogen-bond acceptors (Lipinski definition) is 2. The van der Waals surface area contributed by atoms with Crippen LogP contribution in [-0.2, 0) is 5.88 Å². The van der Waals surface area contributed by atoms with Crippen LogP contribution in [0, 0.1) is 23.0 Å². The maximum Gasteiger partial charge on any atom is 0.129 e. The SMILES string of the molecule is N#Cc1cccc2c1nc(CCl)n2-c1cc(F)cc(F)c1. The normalized spacial score (nSPS) is 10.8. The van der Waals surface area contributed by atoms with Crippen molar-refractivity contribution in [2.24, 2.45) is 0 Å². The Bertz CT molecular complexity index is 860. The number of benzene rings is 2. The summed E-state index contributed by atoms with van der Waals surface area (Å²) in [5.41, 5.74) is 1.70. The van der Waals surface area contributed by atoms with Crippen LogP contribution in [-0.4, -0.2) is 9.55 Å². The average Bonchev–Trinajstić information content (AvgIpc) is 2.84. The van der Waals surface area contributed by atoms with Crippen LogP contribution < -0.4 is 0 Å². The van der Waals surface area contributed by atoms with Crippen molar-refractivity contribution in [2.45, 2.75) is 5.88 Å². The van der Waals surface area contributed by atoms with Gasteiger partial charge in [0.15, 0.2) is 0 Å². The number of nitrogens with zero attached hydrogens (tertiary/aromatic N) is 3. The molecule has 3 nitrogen and oxygen atoms in total. The lowest BCUT2D eigenvalue weighted by Crippen LogP contribution is -2.00. The molecule has 0 fully saturated rings. The van der Waals surface area contributed by atoms with Gasteiger partial charge in [-0.15, -0.1) is 11.6 Å². The van der Waals surface area contributed by atoms with E-state index in [9.17, 15) is 8.78 Å². The van der Waals surface area contributed by atoms with Crippen molar-refractivity contribution < 1.29 is 8.78 Å². The van der Waals surface area contributed by atoms with E-state index in [1.54, 1.807) is 22.8 Å². The molecule has 2 aromatic carbocycles. The van der Waals surface area contributed by atoms with Crippen molar-refractivity contribution in [1.82, 2.24) is 9.55 Å². The summed E-state index contributed by atoms with van der Waals surface area (Å²) in [5, 5.41) is 9.12. The average molecular weight is 304 g/mol. The van der Waals surface area contributed by atoms with E-state index in [2.05, 4.69) is 4.98 Å². The number of hydrogen-bond donors (Lipinski definition) is 0. The highest BCUT2D eigenvalue weighted by molar-refractivity contribution is 6.17. The van der Waals surface area contributed by atoms with E-state index in [0.717, 1.165) is 6.07 Å². The fourth-order valence-electron chi connectivity index (χ4n) is 2.28. The van der Waals surface area contributed by atoms with Gasteiger partial charge in [-0.05, 0) is 24.3 Å². The van der Waals surface area contributed by atoms with Gasteiger partial charge in [-0.1, -0.05) is 6.07 Å². The minimum absolute atomic E-state index is 0.0533. The molecule has 0 N–H and O–H groups in total.